The largest absolute Gasteiger partial charge is 0.459 e. The van der Waals surface area contributed by atoms with Crippen molar-refractivity contribution in [1.82, 2.24) is 10.3 Å². The second-order valence-electron chi connectivity index (χ2n) is 5.15. The number of hydrogen-bond donors (Lipinski definition) is 2. The number of amides is 1. The SMILES string of the molecule is Cc1ccc(-c2nc(CC(=O)NCC(C)CCO)cs2)o1. The highest BCUT2D eigenvalue weighted by atomic mass is 32.1. The molecule has 21 heavy (non-hydrogen) atoms. The molecule has 2 N–H and O–H groups in total. The summed E-state index contributed by atoms with van der Waals surface area (Å²) in [7, 11) is 0. The number of carbonyl (C=O) groups is 1. The molecule has 0 fully saturated rings. The molecule has 0 bridgehead atoms. The predicted molar refractivity (Wildman–Crippen MR) is 82.1 cm³/mol. The Morgan fingerprint density at radius 2 is 2.33 bits per heavy atom. The van der Waals surface area contributed by atoms with E-state index in [1.54, 1.807) is 0 Å². The number of aryl methyl sites for hydroxylation is 1. The van der Waals surface area contributed by atoms with Crippen molar-refractivity contribution >= 4 is 17.2 Å². The van der Waals surface area contributed by atoms with Crippen LogP contribution in [0.2, 0.25) is 0 Å². The minimum Gasteiger partial charge on any atom is -0.459 e. The standard InChI is InChI=1S/C15H20N2O3S/c1-10(5-6-18)8-16-14(19)7-12-9-21-15(17-12)13-4-3-11(2)20-13/h3-4,9-10,18H,5-8H2,1-2H3,(H,16,19). The summed E-state index contributed by atoms with van der Waals surface area (Å²) < 4.78 is 5.52. The van der Waals surface area contributed by atoms with Crippen molar-refractivity contribution in [2.24, 2.45) is 5.92 Å². The van der Waals surface area contributed by atoms with Crippen molar-refractivity contribution in [2.75, 3.05) is 13.2 Å². The highest BCUT2D eigenvalue weighted by Gasteiger charge is 2.11. The molecule has 2 aromatic heterocycles. The molecule has 1 atom stereocenters. The van der Waals surface area contributed by atoms with Gasteiger partial charge in [0, 0.05) is 18.5 Å². The van der Waals surface area contributed by atoms with Crippen LogP contribution >= 0.6 is 11.3 Å². The van der Waals surface area contributed by atoms with E-state index in [4.69, 9.17) is 9.52 Å². The van der Waals surface area contributed by atoms with Crippen molar-refractivity contribution in [1.29, 1.82) is 0 Å². The number of furan rings is 1. The van der Waals surface area contributed by atoms with Crippen LogP contribution in [0.4, 0.5) is 0 Å². The third kappa shape index (κ3) is 4.68. The zero-order valence-corrected chi connectivity index (χ0v) is 13.1. The van der Waals surface area contributed by atoms with Gasteiger partial charge in [-0.25, -0.2) is 4.98 Å². The second-order valence-corrected chi connectivity index (χ2v) is 6.01. The lowest BCUT2D eigenvalue weighted by Crippen LogP contribution is -2.30. The first-order chi connectivity index (χ1) is 10.1. The van der Waals surface area contributed by atoms with E-state index in [0.29, 0.717) is 13.0 Å². The van der Waals surface area contributed by atoms with Gasteiger partial charge in [0.25, 0.3) is 0 Å². The number of nitrogens with zero attached hydrogens (tertiary/aromatic N) is 1. The average molecular weight is 308 g/mol. The van der Waals surface area contributed by atoms with Gasteiger partial charge in [-0.15, -0.1) is 11.3 Å². The monoisotopic (exact) mass is 308 g/mol. The smallest absolute Gasteiger partial charge is 0.226 e. The van der Waals surface area contributed by atoms with Crippen molar-refractivity contribution < 1.29 is 14.3 Å². The molecule has 5 nitrogen and oxygen atoms in total. The van der Waals surface area contributed by atoms with Crippen LogP contribution < -0.4 is 5.32 Å². The number of thiazole rings is 1. The summed E-state index contributed by atoms with van der Waals surface area (Å²) in [6.45, 7) is 4.61. The van der Waals surface area contributed by atoms with Gasteiger partial charge in [0.05, 0.1) is 12.1 Å². The van der Waals surface area contributed by atoms with Crippen LogP contribution in [0, 0.1) is 12.8 Å². The predicted octanol–water partition coefficient (Wildman–Crippen LogP) is 2.39. The van der Waals surface area contributed by atoms with Gasteiger partial charge in [-0.3, -0.25) is 4.79 Å². The maximum Gasteiger partial charge on any atom is 0.226 e. The molecule has 0 spiro atoms. The van der Waals surface area contributed by atoms with Gasteiger partial charge in [-0.2, -0.15) is 0 Å². The van der Waals surface area contributed by atoms with Crippen LogP contribution in [0.15, 0.2) is 21.9 Å². The quantitative estimate of drug-likeness (QED) is 0.823. The molecular weight excluding hydrogens is 288 g/mol. The van der Waals surface area contributed by atoms with Gasteiger partial charge in [0.1, 0.15) is 5.76 Å². The molecule has 2 rings (SSSR count). The van der Waals surface area contributed by atoms with Gasteiger partial charge in [0.15, 0.2) is 10.8 Å². The van der Waals surface area contributed by atoms with E-state index in [1.807, 2.05) is 31.4 Å². The normalized spacial score (nSPS) is 12.3. The molecule has 1 amide bonds. The van der Waals surface area contributed by atoms with E-state index in [0.717, 1.165) is 22.2 Å². The van der Waals surface area contributed by atoms with Crippen molar-refractivity contribution in [3.05, 3.63) is 29.0 Å². The van der Waals surface area contributed by atoms with E-state index in [1.165, 1.54) is 11.3 Å². The fraction of sp³-hybridized carbons (Fsp3) is 0.467. The first kappa shape index (κ1) is 15.7. The Bertz CT molecular complexity index is 591. The highest BCUT2D eigenvalue weighted by Crippen LogP contribution is 2.25. The first-order valence-electron chi connectivity index (χ1n) is 6.97. The van der Waals surface area contributed by atoms with Gasteiger partial charge in [-0.05, 0) is 31.4 Å². The minimum atomic E-state index is -0.0488. The number of aliphatic hydroxyl groups excluding tert-OH is 1. The van der Waals surface area contributed by atoms with Crippen LogP contribution in [0.1, 0.15) is 24.8 Å². The van der Waals surface area contributed by atoms with E-state index < -0.39 is 0 Å². The summed E-state index contributed by atoms with van der Waals surface area (Å²) >= 11 is 1.47. The lowest BCUT2D eigenvalue weighted by molar-refractivity contribution is -0.120. The Morgan fingerprint density at radius 3 is 3.00 bits per heavy atom. The molecule has 6 heteroatoms. The molecule has 114 valence electrons. The average Bonchev–Trinajstić information content (AvgIpc) is 3.06. The summed E-state index contributed by atoms with van der Waals surface area (Å²) in [5.41, 5.74) is 0.747. The van der Waals surface area contributed by atoms with Gasteiger partial charge in [0.2, 0.25) is 5.91 Å². The summed E-state index contributed by atoms with van der Waals surface area (Å²) in [4.78, 5) is 16.3. The van der Waals surface area contributed by atoms with E-state index in [2.05, 4.69) is 10.3 Å². The summed E-state index contributed by atoms with van der Waals surface area (Å²) in [6, 6.07) is 3.78. The van der Waals surface area contributed by atoms with Crippen LogP contribution in [0.25, 0.3) is 10.8 Å². The number of aliphatic hydroxyl groups is 1. The zero-order chi connectivity index (χ0) is 15.2. The van der Waals surface area contributed by atoms with Gasteiger partial charge >= 0.3 is 0 Å². The van der Waals surface area contributed by atoms with Gasteiger partial charge in [-0.1, -0.05) is 6.92 Å². The molecule has 0 aliphatic rings. The van der Waals surface area contributed by atoms with Crippen LogP contribution in [0.5, 0.6) is 0 Å². The van der Waals surface area contributed by atoms with Gasteiger partial charge < -0.3 is 14.8 Å². The molecule has 0 aliphatic heterocycles. The molecule has 0 saturated carbocycles. The third-order valence-electron chi connectivity index (χ3n) is 3.11. The van der Waals surface area contributed by atoms with Crippen LogP contribution in [0.3, 0.4) is 0 Å². The summed E-state index contributed by atoms with van der Waals surface area (Å²) in [5.74, 6) is 1.81. The first-order valence-corrected chi connectivity index (χ1v) is 7.85. The summed E-state index contributed by atoms with van der Waals surface area (Å²) in [6.07, 6.45) is 0.959. The molecule has 2 aromatic rings. The van der Waals surface area contributed by atoms with Crippen molar-refractivity contribution in [3.63, 3.8) is 0 Å². The van der Waals surface area contributed by atoms with E-state index in [9.17, 15) is 4.79 Å². The maximum absolute atomic E-state index is 11.8. The minimum absolute atomic E-state index is 0.0488. The molecule has 1 unspecified atom stereocenters. The van der Waals surface area contributed by atoms with E-state index >= 15 is 0 Å². The zero-order valence-electron chi connectivity index (χ0n) is 12.3. The lowest BCUT2D eigenvalue weighted by Gasteiger charge is -2.10. The number of hydrogen-bond acceptors (Lipinski definition) is 5. The summed E-state index contributed by atoms with van der Waals surface area (Å²) in [5, 5.41) is 14.3. The molecule has 0 aromatic carbocycles. The van der Waals surface area contributed by atoms with Crippen LogP contribution in [-0.4, -0.2) is 29.1 Å². The fourth-order valence-corrected chi connectivity index (χ4v) is 2.67. The Hall–Kier alpha value is -1.66. The lowest BCUT2D eigenvalue weighted by atomic mass is 10.1. The fourth-order valence-electron chi connectivity index (χ4n) is 1.89. The van der Waals surface area contributed by atoms with E-state index in [-0.39, 0.29) is 24.9 Å². The highest BCUT2D eigenvalue weighted by molar-refractivity contribution is 7.13. The Labute approximate surface area is 128 Å². The number of nitrogens with one attached hydrogen (secondary N) is 1. The van der Waals surface area contributed by atoms with Crippen LogP contribution in [-0.2, 0) is 11.2 Å². The Morgan fingerprint density at radius 1 is 1.52 bits per heavy atom. The third-order valence-corrected chi connectivity index (χ3v) is 4.02. The van der Waals surface area contributed by atoms with Crippen molar-refractivity contribution in [3.8, 4) is 10.8 Å². The Kier molecular flexibility index (Phi) is 5.52. The molecule has 0 saturated heterocycles. The number of rotatable bonds is 7. The molecule has 2 heterocycles. The number of aromatic nitrogens is 1. The molecule has 0 aliphatic carbocycles. The molecule has 0 radical (unpaired) electrons. The molecular formula is C15H20N2O3S. The Balaban J connectivity index is 1.86. The topological polar surface area (TPSA) is 75.4 Å². The van der Waals surface area contributed by atoms with Crippen molar-refractivity contribution in [2.45, 2.75) is 26.7 Å². The maximum atomic E-state index is 11.8. The second kappa shape index (κ2) is 7.38. The number of carbonyl (C=O) groups excluding carboxylic acids is 1.